The highest BCUT2D eigenvalue weighted by Crippen LogP contribution is 2.43. The Hall–Kier alpha value is -1.95. The van der Waals surface area contributed by atoms with Gasteiger partial charge in [-0.25, -0.2) is 0 Å². The topological polar surface area (TPSA) is 87.0 Å². The van der Waals surface area contributed by atoms with Crippen molar-refractivity contribution >= 4 is 5.78 Å². The van der Waals surface area contributed by atoms with Crippen molar-refractivity contribution in [1.82, 2.24) is 0 Å². The molecule has 0 spiro atoms. The number of ether oxygens (including phenoxy) is 1. The molecule has 5 atom stereocenters. The van der Waals surface area contributed by atoms with Gasteiger partial charge in [-0.15, -0.1) is 0 Å². The maximum absolute atomic E-state index is 12.5. The molecule has 0 amide bonds. The van der Waals surface area contributed by atoms with Crippen molar-refractivity contribution in [2.45, 2.75) is 58.2 Å². The highest BCUT2D eigenvalue weighted by atomic mass is 16.5. The standard InChI is InChI=1S/C25H36O5/c1-19(9-8-12-23(28)24(29)18-26)17-21-22(27)13-15-25(21,2)14-6-7-16-30-20-10-4-3-5-11-20/h3-5,8,10-13,15,19,21,23-24,26,28-29H,6-7,9,14,16-18H2,1-2H3/b12-8+. The normalized spacial score (nSPS) is 24.3. The van der Waals surface area contributed by atoms with Crippen LogP contribution in [0, 0.1) is 17.3 Å². The zero-order valence-corrected chi connectivity index (χ0v) is 18.1. The van der Waals surface area contributed by atoms with Gasteiger partial charge in [-0.3, -0.25) is 4.79 Å². The number of carbonyl (C=O) groups is 1. The van der Waals surface area contributed by atoms with Crippen molar-refractivity contribution in [3.63, 3.8) is 0 Å². The molecule has 3 N–H and O–H groups in total. The van der Waals surface area contributed by atoms with Crippen molar-refractivity contribution in [2.24, 2.45) is 17.3 Å². The van der Waals surface area contributed by atoms with Gasteiger partial charge >= 0.3 is 0 Å². The lowest BCUT2D eigenvalue weighted by Gasteiger charge is -2.31. The van der Waals surface area contributed by atoms with Crippen molar-refractivity contribution in [3.05, 3.63) is 54.6 Å². The van der Waals surface area contributed by atoms with Crippen LogP contribution < -0.4 is 4.74 Å². The van der Waals surface area contributed by atoms with E-state index in [9.17, 15) is 15.0 Å². The number of aliphatic hydroxyl groups excluding tert-OH is 3. The zero-order valence-electron chi connectivity index (χ0n) is 18.1. The highest BCUT2D eigenvalue weighted by molar-refractivity contribution is 5.95. The maximum atomic E-state index is 12.5. The molecule has 0 saturated carbocycles. The molecule has 0 aliphatic heterocycles. The van der Waals surface area contributed by atoms with Gasteiger partial charge in [0.2, 0.25) is 0 Å². The summed E-state index contributed by atoms with van der Waals surface area (Å²) in [6.45, 7) is 4.46. The molecule has 5 nitrogen and oxygen atoms in total. The minimum Gasteiger partial charge on any atom is -0.494 e. The number of benzene rings is 1. The first-order chi connectivity index (χ1) is 14.4. The Kier molecular flexibility index (Phi) is 9.76. The van der Waals surface area contributed by atoms with E-state index >= 15 is 0 Å². The summed E-state index contributed by atoms with van der Waals surface area (Å²) in [5.41, 5.74) is -0.131. The maximum Gasteiger partial charge on any atom is 0.159 e. The summed E-state index contributed by atoms with van der Waals surface area (Å²) in [5, 5.41) is 27.9. The van der Waals surface area contributed by atoms with Crippen LogP contribution in [-0.2, 0) is 4.79 Å². The van der Waals surface area contributed by atoms with Crippen LogP contribution in [0.4, 0.5) is 0 Å². The zero-order chi connectivity index (χ0) is 22.0. The van der Waals surface area contributed by atoms with Gasteiger partial charge in [-0.05, 0) is 61.6 Å². The fourth-order valence-corrected chi connectivity index (χ4v) is 3.97. The first-order valence-electron chi connectivity index (χ1n) is 10.9. The van der Waals surface area contributed by atoms with Gasteiger partial charge in [0.25, 0.3) is 0 Å². The van der Waals surface area contributed by atoms with Gasteiger partial charge in [0.1, 0.15) is 18.0 Å². The first-order valence-corrected chi connectivity index (χ1v) is 10.9. The van der Waals surface area contributed by atoms with E-state index in [0.29, 0.717) is 13.0 Å². The predicted octanol–water partition coefficient (Wildman–Crippen LogP) is 3.68. The van der Waals surface area contributed by atoms with Crippen molar-refractivity contribution in [2.75, 3.05) is 13.2 Å². The van der Waals surface area contributed by atoms with E-state index in [2.05, 4.69) is 19.9 Å². The van der Waals surface area contributed by atoms with Crippen LogP contribution in [0.3, 0.4) is 0 Å². The van der Waals surface area contributed by atoms with Gasteiger partial charge in [0.15, 0.2) is 5.78 Å². The Labute approximate surface area is 180 Å². The average molecular weight is 417 g/mol. The number of carbonyl (C=O) groups excluding carboxylic acids is 1. The lowest BCUT2D eigenvalue weighted by molar-refractivity contribution is -0.120. The van der Waals surface area contributed by atoms with Crippen LogP contribution in [0.5, 0.6) is 5.75 Å². The minimum atomic E-state index is -1.16. The number of unbranched alkanes of at least 4 members (excludes halogenated alkanes) is 1. The molecule has 0 saturated heterocycles. The van der Waals surface area contributed by atoms with Crippen LogP contribution in [-0.4, -0.2) is 46.5 Å². The fraction of sp³-hybridized carbons (Fsp3) is 0.560. The Morgan fingerprint density at radius 2 is 1.93 bits per heavy atom. The summed E-state index contributed by atoms with van der Waals surface area (Å²) in [5.74, 6) is 1.33. The number of aliphatic hydroxyl groups is 3. The van der Waals surface area contributed by atoms with E-state index in [-0.39, 0.29) is 23.0 Å². The third kappa shape index (κ3) is 7.38. The Bertz CT molecular complexity index is 699. The molecule has 5 heteroatoms. The molecule has 2 rings (SSSR count). The summed E-state index contributed by atoms with van der Waals surface area (Å²) in [6.07, 6.45) is 9.29. The second kappa shape index (κ2) is 12.0. The number of para-hydroxylation sites is 1. The van der Waals surface area contributed by atoms with Crippen molar-refractivity contribution in [1.29, 1.82) is 0 Å². The van der Waals surface area contributed by atoms with E-state index < -0.39 is 18.8 Å². The van der Waals surface area contributed by atoms with Crippen LogP contribution in [0.25, 0.3) is 0 Å². The summed E-state index contributed by atoms with van der Waals surface area (Å²) < 4.78 is 5.76. The molecule has 1 aliphatic rings. The Balaban J connectivity index is 1.77. The second-order valence-electron chi connectivity index (χ2n) is 8.66. The molecular weight excluding hydrogens is 380 g/mol. The molecule has 30 heavy (non-hydrogen) atoms. The molecule has 0 fully saturated rings. The number of allylic oxidation sites excluding steroid dienone is 3. The minimum absolute atomic E-state index is 0.0242. The second-order valence-corrected chi connectivity index (χ2v) is 8.66. The fourth-order valence-electron chi connectivity index (χ4n) is 3.97. The average Bonchev–Trinajstić information content (AvgIpc) is 3.02. The lowest BCUT2D eigenvalue weighted by atomic mass is 9.72. The molecule has 1 aromatic rings. The van der Waals surface area contributed by atoms with E-state index in [1.165, 1.54) is 6.08 Å². The van der Waals surface area contributed by atoms with E-state index in [4.69, 9.17) is 9.84 Å². The lowest BCUT2D eigenvalue weighted by Crippen LogP contribution is -2.28. The van der Waals surface area contributed by atoms with Crippen molar-refractivity contribution < 1.29 is 24.9 Å². The Morgan fingerprint density at radius 1 is 1.20 bits per heavy atom. The SMILES string of the molecule is CC(C/C=C/C(O)C(O)CO)CC1C(=O)C=CC1(C)CCCCOc1ccccc1. The molecule has 5 unspecified atom stereocenters. The third-order valence-electron chi connectivity index (χ3n) is 5.98. The summed E-state index contributed by atoms with van der Waals surface area (Å²) in [7, 11) is 0. The molecule has 0 aromatic heterocycles. The molecular formula is C25H36O5. The van der Waals surface area contributed by atoms with Crippen molar-refractivity contribution in [3.8, 4) is 5.75 Å². The summed E-state index contributed by atoms with van der Waals surface area (Å²) >= 11 is 0. The number of hydrogen-bond donors (Lipinski definition) is 3. The van der Waals surface area contributed by atoms with Crippen LogP contribution in [0.2, 0.25) is 0 Å². The molecule has 0 bridgehead atoms. The van der Waals surface area contributed by atoms with Crippen LogP contribution in [0.15, 0.2) is 54.6 Å². The van der Waals surface area contributed by atoms with E-state index in [0.717, 1.165) is 31.4 Å². The first kappa shape index (κ1) is 24.3. The van der Waals surface area contributed by atoms with Gasteiger partial charge in [0.05, 0.1) is 13.2 Å². The number of rotatable bonds is 13. The summed E-state index contributed by atoms with van der Waals surface area (Å²) in [4.78, 5) is 12.5. The van der Waals surface area contributed by atoms with E-state index in [1.807, 2.05) is 36.4 Å². The van der Waals surface area contributed by atoms with Crippen LogP contribution in [0.1, 0.15) is 46.0 Å². The monoisotopic (exact) mass is 416 g/mol. The third-order valence-corrected chi connectivity index (χ3v) is 5.98. The number of hydrogen-bond acceptors (Lipinski definition) is 5. The summed E-state index contributed by atoms with van der Waals surface area (Å²) in [6, 6.07) is 9.79. The van der Waals surface area contributed by atoms with Gasteiger partial charge in [-0.1, -0.05) is 50.3 Å². The largest absolute Gasteiger partial charge is 0.494 e. The molecule has 0 heterocycles. The van der Waals surface area contributed by atoms with Crippen LogP contribution >= 0.6 is 0 Å². The highest BCUT2D eigenvalue weighted by Gasteiger charge is 2.40. The molecule has 0 radical (unpaired) electrons. The smallest absolute Gasteiger partial charge is 0.159 e. The van der Waals surface area contributed by atoms with Gasteiger partial charge in [-0.2, -0.15) is 0 Å². The molecule has 1 aromatic carbocycles. The van der Waals surface area contributed by atoms with E-state index in [1.54, 1.807) is 6.08 Å². The molecule has 166 valence electrons. The number of ketones is 1. The van der Waals surface area contributed by atoms with Gasteiger partial charge in [0, 0.05) is 5.92 Å². The quantitative estimate of drug-likeness (QED) is 0.337. The predicted molar refractivity (Wildman–Crippen MR) is 118 cm³/mol. The Morgan fingerprint density at radius 3 is 2.63 bits per heavy atom. The molecule has 1 aliphatic carbocycles. The van der Waals surface area contributed by atoms with Gasteiger partial charge < -0.3 is 20.1 Å².